The highest BCUT2D eigenvalue weighted by molar-refractivity contribution is 7.89. The van der Waals surface area contributed by atoms with Gasteiger partial charge in [-0.05, 0) is 38.8 Å². The van der Waals surface area contributed by atoms with E-state index in [0.29, 0.717) is 11.1 Å². The first-order valence-corrected chi connectivity index (χ1v) is 7.62. The second-order valence-electron chi connectivity index (χ2n) is 5.51. The van der Waals surface area contributed by atoms with E-state index in [-0.39, 0.29) is 17.1 Å². The van der Waals surface area contributed by atoms with Crippen LogP contribution in [0.4, 0.5) is 5.69 Å². The van der Waals surface area contributed by atoms with Gasteiger partial charge in [-0.2, -0.15) is 0 Å². The van der Waals surface area contributed by atoms with Gasteiger partial charge in [-0.25, -0.2) is 13.1 Å². The van der Waals surface area contributed by atoms with Crippen molar-refractivity contribution in [1.82, 2.24) is 4.72 Å². The Balaban J connectivity index is 3.14. The summed E-state index contributed by atoms with van der Waals surface area (Å²) >= 11 is 0. The highest BCUT2D eigenvalue weighted by Gasteiger charge is 2.29. The van der Waals surface area contributed by atoms with Crippen molar-refractivity contribution in [2.45, 2.75) is 32.6 Å². The average molecular weight is 299 g/mol. The van der Waals surface area contributed by atoms with Crippen molar-refractivity contribution in [2.75, 3.05) is 12.3 Å². The van der Waals surface area contributed by atoms with Crippen molar-refractivity contribution >= 4 is 21.6 Å². The summed E-state index contributed by atoms with van der Waals surface area (Å²) in [5.41, 5.74) is 11.6. The van der Waals surface area contributed by atoms with Crippen LogP contribution in [0.1, 0.15) is 25.0 Å². The van der Waals surface area contributed by atoms with E-state index < -0.39 is 21.3 Å². The maximum atomic E-state index is 12.4. The Bertz CT molecular complexity index is 637. The van der Waals surface area contributed by atoms with Gasteiger partial charge in [-0.3, -0.25) is 4.79 Å². The summed E-state index contributed by atoms with van der Waals surface area (Å²) in [4.78, 5) is 11.3. The minimum absolute atomic E-state index is 0.0535. The standard InChI is InChI=1S/C13H21N3O3S/c1-8-5-6-9(2)11(10(8)14)20(18,19)16-7-13(3,4)12(15)17/h5-6,16H,7,14H2,1-4H3,(H2,15,17). The van der Waals surface area contributed by atoms with Crippen LogP contribution in [0.2, 0.25) is 0 Å². The number of anilines is 1. The van der Waals surface area contributed by atoms with Crippen LogP contribution in [0.15, 0.2) is 17.0 Å². The molecule has 0 fully saturated rings. The molecule has 1 rings (SSSR count). The minimum atomic E-state index is -3.79. The fourth-order valence-electron chi connectivity index (χ4n) is 1.60. The zero-order valence-corrected chi connectivity index (χ0v) is 13.0. The topological polar surface area (TPSA) is 115 Å². The normalized spacial score (nSPS) is 12.4. The molecule has 1 aromatic rings. The van der Waals surface area contributed by atoms with Crippen molar-refractivity contribution in [3.63, 3.8) is 0 Å². The van der Waals surface area contributed by atoms with E-state index >= 15 is 0 Å². The lowest BCUT2D eigenvalue weighted by Gasteiger charge is -2.21. The summed E-state index contributed by atoms with van der Waals surface area (Å²) in [5.74, 6) is -0.575. The first-order valence-electron chi connectivity index (χ1n) is 6.14. The van der Waals surface area contributed by atoms with Crippen molar-refractivity contribution in [1.29, 1.82) is 0 Å². The third-order valence-electron chi connectivity index (χ3n) is 3.25. The lowest BCUT2D eigenvalue weighted by Crippen LogP contribution is -2.42. The van der Waals surface area contributed by atoms with Crippen molar-refractivity contribution in [2.24, 2.45) is 11.1 Å². The van der Waals surface area contributed by atoms with E-state index in [2.05, 4.69) is 4.72 Å². The molecule has 5 N–H and O–H groups in total. The summed E-state index contributed by atoms with van der Waals surface area (Å²) < 4.78 is 27.1. The van der Waals surface area contributed by atoms with E-state index in [1.165, 1.54) is 0 Å². The predicted octanol–water partition coefficient (Wildman–Crippen LogP) is 0.675. The zero-order chi connectivity index (χ0) is 15.7. The summed E-state index contributed by atoms with van der Waals surface area (Å²) in [7, 11) is -3.79. The van der Waals surface area contributed by atoms with Crippen LogP contribution in [-0.4, -0.2) is 20.9 Å². The molecular weight excluding hydrogens is 278 g/mol. The van der Waals surface area contributed by atoms with E-state index in [4.69, 9.17) is 11.5 Å². The fourth-order valence-corrected chi connectivity index (χ4v) is 3.24. The van der Waals surface area contributed by atoms with Gasteiger partial charge in [0.25, 0.3) is 0 Å². The number of rotatable bonds is 5. The Morgan fingerprint density at radius 3 is 2.25 bits per heavy atom. The summed E-state index contributed by atoms with van der Waals surface area (Å²) in [6, 6.07) is 3.45. The van der Waals surface area contributed by atoms with E-state index in [9.17, 15) is 13.2 Å². The minimum Gasteiger partial charge on any atom is -0.397 e. The summed E-state index contributed by atoms with van der Waals surface area (Å²) in [5, 5.41) is 0. The lowest BCUT2D eigenvalue weighted by molar-refractivity contribution is -0.125. The molecule has 0 aliphatic heterocycles. The molecule has 0 radical (unpaired) electrons. The van der Waals surface area contributed by atoms with Gasteiger partial charge >= 0.3 is 0 Å². The van der Waals surface area contributed by atoms with Gasteiger partial charge in [0.15, 0.2) is 0 Å². The highest BCUT2D eigenvalue weighted by Crippen LogP contribution is 2.26. The van der Waals surface area contributed by atoms with Gasteiger partial charge in [0.2, 0.25) is 15.9 Å². The smallest absolute Gasteiger partial charge is 0.242 e. The Labute approximate surface area is 119 Å². The van der Waals surface area contributed by atoms with Gasteiger partial charge in [0.05, 0.1) is 11.1 Å². The number of carbonyl (C=O) groups is 1. The number of nitrogens with two attached hydrogens (primary N) is 2. The molecule has 0 saturated heterocycles. The van der Waals surface area contributed by atoms with Crippen molar-refractivity contribution in [3.8, 4) is 0 Å². The van der Waals surface area contributed by atoms with Crippen LogP contribution < -0.4 is 16.2 Å². The quantitative estimate of drug-likeness (QED) is 0.693. The van der Waals surface area contributed by atoms with Crippen LogP contribution in [0.5, 0.6) is 0 Å². The van der Waals surface area contributed by atoms with Crippen molar-refractivity contribution in [3.05, 3.63) is 23.3 Å². The van der Waals surface area contributed by atoms with Crippen molar-refractivity contribution < 1.29 is 13.2 Å². The van der Waals surface area contributed by atoms with Crippen LogP contribution in [0, 0.1) is 19.3 Å². The van der Waals surface area contributed by atoms with Crippen LogP contribution >= 0.6 is 0 Å². The molecule has 6 nitrogen and oxygen atoms in total. The molecule has 0 unspecified atom stereocenters. The number of nitrogens with one attached hydrogen (secondary N) is 1. The number of benzene rings is 1. The summed E-state index contributed by atoms with van der Waals surface area (Å²) in [6.07, 6.45) is 0. The van der Waals surface area contributed by atoms with Crippen LogP contribution in [0.3, 0.4) is 0 Å². The maximum absolute atomic E-state index is 12.4. The number of primary amides is 1. The average Bonchev–Trinajstić information content (AvgIpc) is 2.32. The number of sulfonamides is 1. The Hall–Kier alpha value is -1.60. The lowest BCUT2D eigenvalue weighted by atomic mass is 9.93. The van der Waals surface area contributed by atoms with E-state index in [0.717, 1.165) is 0 Å². The second-order valence-corrected chi connectivity index (χ2v) is 7.22. The van der Waals surface area contributed by atoms with Gasteiger partial charge in [0, 0.05) is 6.54 Å². The number of aryl methyl sites for hydroxylation is 2. The SMILES string of the molecule is Cc1ccc(C)c(S(=O)(=O)NCC(C)(C)C(N)=O)c1N. The molecule has 0 atom stereocenters. The predicted molar refractivity (Wildman–Crippen MR) is 78.5 cm³/mol. The molecule has 0 spiro atoms. The van der Waals surface area contributed by atoms with E-state index in [1.54, 1.807) is 39.8 Å². The second kappa shape index (κ2) is 5.41. The largest absolute Gasteiger partial charge is 0.397 e. The van der Waals surface area contributed by atoms with Crippen LogP contribution in [0.25, 0.3) is 0 Å². The van der Waals surface area contributed by atoms with Gasteiger partial charge < -0.3 is 11.5 Å². The molecule has 1 amide bonds. The monoisotopic (exact) mass is 299 g/mol. The third kappa shape index (κ3) is 3.29. The molecule has 0 bridgehead atoms. The maximum Gasteiger partial charge on any atom is 0.242 e. The highest BCUT2D eigenvalue weighted by atomic mass is 32.2. The molecule has 0 aromatic heterocycles. The summed E-state index contributed by atoms with van der Waals surface area (Å²) in [6.45, 7) is 6.47. The molecular formula is C13H21N3O3S. The number of amides is 1. The molecule has 0 aliphatic carbocycles. The number of hydrogen-bond donors (Lipinski definition) is 3. The molecule has 1 aromatic carbocycles. The Morgan fingerprint density at radius 2 is 1.75 bits per heavy atom. The molecule has 0 heterocycles. The molecule has 0 saturated carbocycles. The first kappa shape index (κ1) is 16.5. The number of hydrogen-bond acceptors (Lipinski definition) is 4. The number of nitrogen functional groups attached to an aromatic ring is 1. The van der Waals surface area contributed by atoms with Gasteiger partial charge in [0.1, 0.15) is 4.90 Å². The number of carbonyl (C=O) groups excluding carboxylic acids is 1. The first-order chi connectivity index (χ1) is 8.99. The van der Waals surface area contributed by atoms with Crippen LogP contribution in [-0.2, 0) is 14.8 Å². The molecule has 0 aliphatic rings. The fraction of sp³-hybridized carbons (Fsp3) is 0.462. The zero-order valence-electron chi connectivity index (χ0n) is 12.1. The third-order valence-corrected chi connectivity index (χ3v) is 4.85. The van der Waals surface area contributed by atoms with Gasteiger partial charge in [-0.15, -0.1) is 0 Å². The Morgan fingerprint density at radius 1 is 1.25 bits per heavy atom. The van der Waals surface area contributed by atoms with Gasteiger partial charge in [-0.1, -0.05) is 12.1 Å². The Kier molecular flexibility index (Phi) is 4.45. The molecule has 112 valence electrons. The molecule has 7 heteroatoms. The molecule has 20 heavy (non-hydrogen) atoms. The van der Waals surface area contributed by atoms with E-state index in [1.807, 2.05) is 0 Å².